The molecule has 3 N–H and O–H groups in total. The van der Waals surface area contributed by atoms with Crippen molar-refractivity contribution in [2.24, 2.45) is 5.73 Å². The SMILES string of the molecule is COCN1C[C@H](N)CC1C(=O)NOC. The number of nitrogens with two attached hydrogens (primary N) is 1. The van der Waals surface area contributed by atoms with Gasteiger partial charge in [-0.3, -0.25) is 14.5 Å². The summed E-state index contributed by atoms with van der Waals surface area (Å²) in [6.07, 6.45) is 0.637. The van der Waals surface area contributed by atoms with Crippen LogP contribution in [-0.4, -0.2) is 50.4 Å². The van der Waals surface area contributed by atoms with E-state index in [2.05, 4.69) is 10.3 Å². The van der Waals surface area contributed by atoms with Crippen molar-refractivity contribution in [3.8, 4) is 0 Å². The number of hydrogen-bond acceptors (Lipinski definition) is 5. The molecule has 0 bridgehead atoms. The first-order valence-electron chi connectivity index (χ1n) is 4.50. The van der Waals surface area contributed by atoms with Gasteiger partial charge in [-0.25, -0.2) is 5.48 Å². The predicted molar refractivity (Wildman–Crippen MR) is 50.1 cm³/mol. The van der Waals surface area contributed by atoms with Crippen molar-refractivity contribution in [1.29, 1.82) is 0 Å². The maximum Gasteiger partial charge on any atom is 0.260 e. The van der Waals surface area contributed by atoms with E-state index in [0.717, 1.165) is 0 Å². The number of carbonyl (C=O) groups is 1. The largest absolute Gasteiger partial charge is 0.369 e. The highest BCUT2D eigenvalue weighted by atomic mass is 16.6. The molecule has 0 radical (unpaired) electrons. The number of methoxy groups -OCH3 is 1. The van der Waals surface area contributed by atoms with E-state index in [1.165, 1.54) is 7.11 Å². The second kappa shape index (κ2) is 5.26. The van der Waals surface area contributed by atoms with Crippen LogP contribution in [0.5, 0.6) is 0 Å². The topological polar surface area (TPSA) is 76.8 Å². The van der Waals surface area contributed by atoms with E-state index >= 15 is 0 Å². The van der Waals surface area contributed by atoms with E-state index in [4.69, 9.17) is 10.5 Å². The minimum absolute atomic E-state index is 0.0257. The van der Waals surface area contributed by atoms with Crippen LogP contribution in [0, 0.1) is 0 Å². The molecule has 0 saturated carbocycles. The molecule has 6 nitrogen and oxygen atoms in total. The third kappa shape index (κ3) is 2.65. The molecule has 14 heavy (non-hydrogen) atoms. The number of nitrogens with zero attached hydrogens (tertiary/aromatic N) is 1. The summed E-state index contributed by atoms with van der Waals surface area (Å²) in [7, 11) is 3.00. The number of rotatable bonds is 4. The normalized spacial score (nSPS) is 27.9. The fraction of sp³-hybridized carbons (Fsp3) is 0.875. The van der Waals surface area contributed by atoms with Gasteiger partial charge in [0, 0.05) is 19.7 Å². The van der Waals surface area contributed by atoms with Crippen LogP contribution in [0.15, 0.2) is 0 Å². The van der Waals surface area contributed by atoms with Crippen LogP contribution in [0.25, 0.3) is 0 Å². The number of nitrogens with one attached hydrogen (secondary N) is 1. The Hall–Kier alpha value is -0.690. The van der Waals surface area contributed by atoms with E-state index in [9.17, 15) is 4.79 Å². The van der Waals surface area contributed by atoms with E-state index in [1.807, 2.05) is 4.90 Å². The van der Waals surface area contributed by atoms with Crippen LogP contribution in [0.1, 0.15) is 6.42 Å². The minimum Gasteiger partial charge on any atom is -0.369 e. The van der Waals surface area contributed by atoms with E-state index in [1.54, 1.807) is 7.11 Å². The summed E-state index contributed by atoms with van der Waals surface area (Å²) in [4.78, 5) is 17.9. The Bertz CT molecular complexity index is 200. The van der Waals surface area contributed by atoms with E-state index in [-0.39, 0.29) is 18.0 Å². The highest BCUT2D eigenvalue weighted by Crippen LogP contribution is 2.16. The first kappa shape index (κ1) is 11.4. The van der Waals surface area contributed by atoms with Crippen molar-refractivity contribution in [3.63, 3.8) is 0 Å². The zero-order valence-corrected chi connectivity index (χ0v) is 8.53. The van der Waals surface area contributed by atoms with Gasteiger partial charge in [0.05, 0.1) is 19.9 Å². The van der Waals surface area contributed by atoms with Crippen LogP contribution in [0.2, 0.25) is 0 Å². The molecule has 0 aromatic carbocycles. The van der Waals surface area contributed by atoms with Crippen molar-refractivity contribution < 1.29 is 14.4 Å². The van der Waals surface area contributed by atoms with Crippen LogP contribution in [-0.2, 0) is 14.4 Å². The molecule has 0 spiro atoms. The van der Waals surface area contributed by atoms with Gasteiger partial charge in [-0.15, -0.1) is 0 Å². The molecular weight excluding hydrogens is 186 g/mol. The van der Waals surface area contributed by atoms with Gasteiger partial charge in [0.15, 0.2) is 0 Å². The van der Waals surface area contributed by atoms with Gasteiger partial charge < -0.3 is 10.5 Å². The summed E-state index contributed by atoms with van der Waals surface area (Å²) in [5.74, 6) is -0.169. The Labute approximate surface area is 83.3 Å². The monoisotopic (exact) mass is 203 g/mol. The van der Waals surface area contributed by atoms with Crippen LogP contribution >= 0.6 is 0 Å². The number of amides is 1. The molecule has 1 saturated heterocycles. The maximum absolute atomic E-state index is 11.5. The molecule has 1 aliphatic heterocycles. The second-order valence-corrected chi connectivity index (χ2v) is 3.37. The molecule has 1 aliphatic rings. The lowest BCUT2D eigenvalue weighted by molar-refractivity contribution is -0.137. The van der Waals surface area contributed by atoms with Crippen LogP contribution < -0.4 is 11.2 Å². The van der Waals surface area contributed by atoms with Gasteiger partial charge in [0.25, 0.3) is 5.91 Å². The standard InChI is InChI=1S/C8H17N3O3/c1-13-5-11-4-6(9)3-7(11)8(12)10-14-2/h6-7H,3-5,9H2,1-2H3,(H,10,12)/t6-,7?/m1/s1. The molecule has 2 atom stereocenters. The molecule has 0 aromatic rings. The Morgan fingerprint density at radius 1 is 1.64 bits per heavy atom. The average Bonchev–Trinajstić information content (AvgIpc) is 2.48. The lowest BCUT2D eigenvalue weighted by Crippen LogP contribution is -2.43. The number of hydrogen-bond donors (Lipinski definition) is 2. The Balaban J connectivity index is 2.52. The lowest BCUT2D eigenvalue weighted by Gasteiger charge is -2.21. The third-order valence-corrected chi connectivity index (χ3v) is 2.24. The Morgan fingerprint density at radius 3 is 2.93 bits per heavy atom. The van der Waals surface area contributed by atoms with Gasteiger partial charge in [-0.05, 0) is 6.42 Å². The summed E-state index contributed by atoms with van der Waals surface area (Å²) < 4.78 is 4.98. The van der Waals surface area contributed by atoms with E-state index in [0.29, 0.717) is 19.7 Å². The molecule has 1 heterocycles. The first-order chi connectivity index (χ1) is 6.69. The summed E-state index contributed by atoms with van der Waals surface area (Å²) in [5.41, 5.74) is 8.07. The van der Waals surface area contributed by atoms with Crippen LogP contribution in [0.3, 0.4) is 0 Å². The molecule has 1 unspecified atom stereocenters. The van der Waals surface area contributed by atoms with Crippen molar-refractivity contribution in [3.05, 3.63) is 0 Å². The van der Waals surface area contributed by atoms with Crippen LogP contribution in [0.4, 0.5) is 0 Å². The molecule has 82 valence electrons. The quantitative estimate of drug-likeness (QED) is 0.554. The minimum atomic E-state index is -0.245. The number of ether oxygens (including phenoxy) is 1. The van der Waals surface area contributed by atoms with Gasteiger partial charge >= 0.3 is 0 Å². The molecule has 0 aromatic heterocycles. The smallest absolute Gasteiger partial charge is 0.260 e. The summed E-state index contributed by atoms with van der Waals surface area (Å²) >= 11 is 0. The number of carbonyl (C=O) groups excluding carboxylic acids is 1. The van der Waals surface area contributed by atoms with Crippen molar-refractivity contribution >= 4 is 5.91 Å². The summed E-state index contributed by atoms with van der Waals surface area (Å²) in [6, 6.07) is -0.220. The fourth-order valence-corrected chi connectivity index (χ4v) is 1.69. The average molecular weight is 203 g/mol. The highest BCUT2D eigenvalue weighted by molar-refractivity contribution is 5.81. The Kier molecular flexibility index (Phi) is 4.27. The van der Waals surface area contributed by atoms with Gasteiger partial charge in [-0.2, -0.15) is 0 Å². The van der Waals surface area contributed by atoms with Gasteiger partial charge in [0.2, 0.25) is 0 Å². The predicted octanol–water partition coefficient (Wildman–Crippen LogP) is -1.33. The van der Waals surface area contributed by atoms with Gasteiger partial charge in [0.1, 0.15) is 0 Å². The second-order valence-electron chi connectivity index (χ2n) is 3.37. The molecule has 1 amide bonds. The third-order valence-electron chi connectivity index (χ3n) is 2.24. The molecular formula is C8H17N3O3. The molecule has 1 rings (SSSR count). The van der Waals surface area contributed by atoms with Gasteiger partial charge in [-0.1, -0.05) is 0 Å². The lowest BCUT2D eigenvalue weighted by atomic mass is 10.2. The highest BCUT2D eigenvalue weighted by Gasteiger charge is 2.34. The van der Waals surface area contributed by atoms with Crippen molar-refractivity contribution in [2.75, 3.05) is 27.5 Å². The zero-order valence-electron chi connectivity index (χ0n) is 8.53. The molecule has 6 heteroatoms. The number of hydroxylamine groups is 1. The van der Waals surface area contributed by atoms with Crippen molar-refractivity contribution in [2.45, 2.75) is 18.5 Å². The van der Waals surface area contributed by atoms with E-state index < -0.39 is 0 Å². The molecule has 1 fully saturated rings. The summed E-state index contributed by atoms with van der Waals surface area (Å²) in [6.45, 7) is 1.09. The first-order valence-corrected chi connectivity index (χ1v) is 4.50. The Morgan fingerprint density at radius 2 is 2.36 bits per heavy atom. The fourth-order valence-electron chi connectivity index (χ4n) is 1.69. The number of likely N-dealkylation sites (tertiary alicyclic amines) is 1. The summed E-state index contributed by atoms with van der Waals surface area (Å²) in [5, 5.41) is 0. The molecule has 0 aliphatic carbocycles. The van der Waals surface area contributed by atoms with Crippen molar-refractivity contribution in [1.82, 2.24) is 10.4 Å². The maximum atomic E-state index is 11.5. The zero-order chi connectivity index (χ0) is 10.6.